The summed E-state index contributed by atoms with van der Waals surface area (Å²) in [7, 11) is 0. The third-order valence-corrected chi connectivity index (χ3v) is 4.84. The number of rotatable bonds is 4. The lowest BCUT2D eigenvalue weighted by atomic mass is 10.0. The number of hydrogen-bond acceptors (Lipinski definition) is 4. The molecule has 0 bridgehead atoms. The van der Waals surface area contributed by atoms with Gasteiger partial charge in [-0.2, -0.15) is 0 Å². The van der Waals surface area contributed by atoms with Gasteiger partial charge in [0.2, 0.25) is 11.8 Å². The summed E-state index contributed by atoms with van der Waals surface area (Å²) < 4.78 is 0. The first-order chi connectivity index (χ1) is 11.0. The van der Waals surface area contributed by atoms with Gasteiger partial charge in [-0.05, 0) is 25.0 Å². The van der Waals surface area contributed by atoms with Crippen LogP contribution in [0.15, 0.2) is 24.3 Å². The molecule has 0 spiro atoms. The molecule has 6 nitrogen and oxygen atoms in total. The predicted octanol–water partition coefficient (Wildman–Crippen LogP) is 0.278. The highest BCUT2D eigenvalue weighted by molar-refractivity contribution is 6.31. The van der Waals surface area contributed by atoms with Gasteiger partial charge in [-0.15, -0.1) is 0 Å². The molecule has 3 N–H and O–H groups in total. The van der Waals surface area contributed by atoms with Crippen molar-refractivity contribution in [2.45, 2.75) is 44.1 Å². The SMILES string of the molecule is C[C@@H](O)[C@@H]1NC(=O)[C@@H]2C[C@H](NCc3ccccc3Cl)CN2C1=O. The van der Waals surface area contributed by atoms with E-state index in [4.69, 9.17) is 11.6 Å². The Morgan fingerprint density at radius 2 is 2.17 bits per heavy atom. The van der Waals surface area contributed by atoms with Crippen LogP contribution in [0.1, 0.15) is 18.9 Å². The second kappa shape index (κ2) is 6.47. The Morgan fingerprint density at radius 1 is 1.43 bits per heavy atom. The fraction of sp³-hybridized carbons (Fsp3) is 0.500. The van der Waals surface area contributed by atoms with E-state index >= 15 is 0 Å². The van der Waals surface area contributed by atoms with Crippen LogP contribution in [0.4, 0.5) is 0 Å². The van der Waals surface area contributed by atoms with Crippen LogP contribution in [0.25, 0.3) is 0 Å². The molecule has 0 aliphatic carbocycles. The summed E-state index contributed by atoms with van der Waals surface area (Å²) in [6, 6.07) is 6.30. The number of carbonyl (C=O) groups is 2. The Labute approximate surface area is 139 Å². The fourth-order valence-electron chi connectivity index (χ4n) is 3.19. The minimum absolute atomic E-state index is 0.0266. The molecular weight excluding hydrogens is 318 g/mol. The summed E-state index contributed by atoms with van der Waals surface area (Å²) >= 11 is 6.14. The van der Waals surface area contributed by atoms with Crippen LogP contribution >= 0.6 is 11.6 Å². The third-order valence-electron chi connectivity index (χ3n) is 4.47. The van der Waals surface area contributed by atoms with E-state index in [1.54, 1.807) is 4.90 Å². The normalized spacial score (nSPS) is 28.5. The standard InChI is InChI=1S/C16H20ClN3O3/c1-9(21)14-16(23)20-8-11(6-13(20)15(22)19-14)18-7-10-4-2-3-5-12(10)17/h2-5,9,11,13-14,18,21H,6-8H2,1H3,(H,19,22)/t9-,11+,13+,14+/m1/s1. The van der Waals surface area contributed by atoms with Crippen molar-refractivity contribution in [1.82, 2.24) is 15.5 Å². The first kappa shape index (κ1) is 16.2. The number of amides is 2. The van der Waals surface area contributed by atoms with E-state index in [1.165, 1.54) is 6.92 Å². The van der Waals surface area contributed by atoms with Gasteiger partial charge in [0, 0.05) is 24.2 Å². The van der Waals surface area contributed by atoms with Crippen molar-refractivity contribution in [3.8, 4) is 0 Å². The number of nitrogens with zero attached hydrogens (tertiary/aromatic N) is 1. The van der Waals surface area contributed by atoms with E-state index in [1.807, 2.05) is 24.3 Å². The van der Waals surface area contributed by atoms with E-state index in [0.717, 1.165) is 5.56 Å². The second-order valence-corrected chi connectivity index (χ2v) is 6.55. The van der Waals surface area contributed by atoms with Crippen molar-refractivity contribution >= 4 is 23.4 Å². The van der Waals surface area contributed by atoms with Crippen LogP contribution in [0, 0.1) is 0 Å². The quantitative estimate of drug-likeness (QED) is 0.737. The lowest BCUT2D eigenvalue weighted by molar-refractivity contribution is -0.149. The van der Waals surface area contributed by atoms with E-state index < -0.39 is 18.2 Å². The molecule has 0 unspecified atom stereocenters. The number of halogens is 1. The fourth-order valence-corrected chi connectivity index (χ4v) is 3.39. The smallest absolute Gasteiger partial charge is 0.248 e. The zero-order valence-electron chi connectivity index (χ0n) is 12.8. The monoisotopic (exact) mass is 337 g/mol. The molecule has 3 rings (SSSR count). The average molecular weight is 338 g/mol. The molecule has 2 saturated heterocycles. The highest BCUT2D eigenvalue weighted by atomic mass is 35.5. The van der Waals surface area contributed by atoms with Crippen LogP contribution in [-0.2, 0) is 16.1 Å². The molecule has 2 heterocycles. The van der Waals surface area contributed by atoms with E-state index in [9.17, 15) is 14.7 Å². The van der Waals surface area contributed by atoms with Gasteiger partial charge in [0.1, 0.15) is 12.1 Å². The molecule has 1 aromatic rings. The first-order valence-corrected chi connectivity index (χ1v) is 8.11. The van der Waals surface area contributed by atoms with Crippen molar-refractivity contribution in [3.05, 3.63) is 34.9 Å². The maximum Gasteiger partial charge on any atom is 0.248 e. The Hall–Kier alpha value is -1.63. The largest absolute Gasteiger partial charge is 0.391 e. The van der Waals surface area contributed by atoms with Crippen LogP contribution in [0.3, 0.4) is 0 Å². The highest BCUT2D eigenvalue weighted by Crippen LogP contribution is 2.24. The number of benzene rings is 1. The van der Waals surface area contributed by atoms with Gasteiger partial charge < -0.3 is 20.6 Å². The molecule has 2 aliphatic rings. The summed E-state index contributed by atoms with van der Waals surface area (Å²) in [6.07, 6.45) is -0.336. The van der Waals surface area contributed by atoms with Crippen LogP contribution in [0.5, 0.6) is 0 Å². The summed E-state index contributed by atoms with van der Waals surface area (Å²) in [6.45, 7) is 2.55. The minimum atomic E-state index is -0.900. The van der Waals surface area contributed by atoms with Crippen molar-refractivity contribution in [3.63, 3.8) is 0 Å². The predicted molar refractivity (Wildman–Crippen MR) is 85.8 cm³/mol. The number of hydrogen-bond donors (Lipinski definition) is 3. The number of aliphatic hydroxyl groups excluding tert-OH is 1. The van der Waals surface area contributed by atoms with Crippen LogP contribution in [-0.4, -0.2) is 52.6 Å². The number of aliphatic hydroxyl groups is 1. The molecule has 7 heteroatoms. The van der Waals surface area contributed by atoms with Gasteiger partial charge in [0.15, 0.2) is 0 Å². The summed E-state index contributed by atoms with van der Waals surface area (Å²) in [5, 5.41) is 16.3. The maximum atomic E-state index is 12.4. The Bertz CT molecular complexity index is 622. The lowest BCUT2D eigenvalue weighted by Gasteiger charge is -2.35. The zero-order chi connectivity index (χ0) is 16.6. The number of piperazine rings is 1. The molecule has 1 aromatic carbocycles. The number of carbonyl (C=O) groups excluding carboxylic acids is 2. The molecule has 2 fully saturated rings. The minimum Gasteiger partial charge on any atom is -0.391 e. The molecule has 2 aliphatic heterocycles. The zero-order valence-corrected chi connectivity index (χ0v) is 13.6. The van der Waals surface area contributed by atoms with Crippen molar-refractivity contribution in [2.24, 2.45) is 0 Å². The summed E-state index contributed by atoms with van der Waals surface area (Å²) in [4.78, 5) is 26.1. The molecule has 4 atom stereocenters. The third kappa shape index (κ3) is 3.20. The first-order valence-electron chi connectivity index (χ1n) is 7.73. The van der Waals surface area contributed by atoms with Crippen LogP contribution in [0.2, 0.25) is 5.02 Å². The topological polar surface area (TPSA) is 81.7 Å². The van der Waals surface area contributed by atoms with Gasteiger partial charge in [-0.3, -0.25) is 9.59 Å². The van der Waals surface area contributed by atoms with Crippen molar-refractivity contribution in [2.75, 3.05) is 6.54 Å². The van der Waals surface area contributed by atoms with Gasteiger partial charge in [0.05, 0.1) is 6.10 Å². The molecule has 23 heavy (non-hydrogen) atoms. The molecule has 0 saturated carbocycles. The summed E-state index contributed by atoms with van der Waals surface area (Å²) in [5.74, 6) is -0.413. The van der Waals surface area contributed by atoms with Crippen molar-refractivity contribution in [1.29, 1.82) is 0 Å². The molecular formula is C16H20ClN3O3. The van der Waals surface area contributed by atoms with Gasteiger partial charge in [0.25, 0.3) is 0 Å². The van der Waals surface area contributed by atoms with Crippen LogP contribution < -0.4 is 10.6 Å². The number of fused-ring (bicyclic) bond motifs is 1. The van der Waals surface area contributed by atoms with Gasteiger partial charge in [-0.25, -0.2) is 0 Å². The lowest BCUT2D eigenvalue weighted by Crippen LogP contribution is -2.64. The molecule has 0 radical (unpaired) electrons. The molecule has 124 valence electrons. The molecule has 0 aromatic heterocycles. The maximum absolute atomic E-state index is 12.4. The van der Waals surface area contributed by atoms with E-state index in [0.29, 0.717) is 24.5 Å². The average Bonchev–Trinajstić information content (AvgIpc) is 2.95. The Morgan fingerprint density at radius 3 is 2.87 bits per heavy atom. The van der Waals surface area contributed by atoms with Gasteiger partial charge >= 0.3 is 0 Å². The Balaban J connectivity index is 1.64. The van der Waals surface area contributed by atoms with Gasteiger partial charge in [-0.1, -0.05) is 29.8 Å². The highest BCUT2D eigenvalue weighted by Gasteiger charge is 2.47. The Kier molecular flexibility index (Phi) is 4.57. The molecule has 2 amide bonds. The van der Waals surface area contributed by atoms with E-state index in [-0.39, 0.29) is 17.9 Å². The second-order valence-electron chi connectivity index (χ2n) is 6.14. The number of nitrogens with one attached hydrogen (secondary N) is 2. The van der Waals surface area contributed by atoms with E-state index in [2.05, 4.69) is 10.6 Å². The summed E-state index contributed by atoms with van der Waals surface area (Å²) in [5.41, 5.74) is 0.983. The van der Waals surface area contributed by atoms with Crippen molar-refractivity contribution < 1.29 is 14.7 Å².